The average Bonchev–Trinajstić information content (AvgIpc) is 2.21. The van der Waals surface area contributed by atoms with Crippen molar-refractivity contribution >= 4 is 5.78 Å². The Hall–Kier alpha value is -1.22. The standard InChI is InChI=1S/C12H16FNO/c1-3-4-11(14)12(15)9-5-6-10(13)8(2)7-9/h5-7,11H,3-4,14H2,1-2H3. The van der Waals surface area contributed by atoms with Gasteiger partial charge in [-0.25, -0.2) is 4.39 Å². The maximum Gasteiger partial charge on any atom is 0.179 e. The van der Waals surface area contributed by atoms with Gasteiger partial charge in [-0.15, -0.1) is 0 Å². The van der Waals surface area contributed by atoms with Gasteiger partial charge in [0.2, 0.25) is 0 Å². The minimum absolute atomic E-state index is 0.111. The predicted octanol–water partition coefficient (Wildman–Crippen LogP) is 2.44. The van der Waals surface area contributed by atoms with Crippen LogP contribution in [0.15, 0.2) is 18.2 Å². The zero-order chi connectivity index (χ0) is 11.4. The van der Waals surface area contributed by atoms with Gasteiger partial charge in [-0.2, -0.15) is 0 Å². The Labute approximate surface area is 89.3 Å². The van der Waals surface area contributed by atoms with Gasteiger partial charge in [-0.05, 0) is 37.1 Å². The topological polar surface area (TPSA) is 43.1 Å². The van der Waals surface area contributed by atoms with E-state index < -0.39 is 6.04 Å². The summed E-state index contributed by atoms with van der Waals surface area (Å²) in [4.78, 5) is 11.8. The highest BCUT2D eigenvalue weighted by Crippen LogP contribution is 2.12. The van der Waals surface area contributed by atoms with Crippen LogP contribution >= 0.6 is 0 Å². The van der Waals surface area contributed by atoms with Crippen molar-refractivity contribution in [2.24, 2.45) is 5.73 Å². The molecular formula is C12H16FNO. The van der Waals surface area contributed by atoms with Crippen LogP contribution in [0.3, 0.4) is 0 Å². The first-order valence-electron chi connectivity index (χ1n) is 5.12. The van der Waals surface area contributed by atoms with Crippen LogP contribution in [0, 0.1) is 12.7 Å². The smallest absolute Gasteiger partial charge is 0.179 e. The number of rotatable bonds is 4. The van der Waals surface area contributed by atoms with Gasteiger partial charge in [0.15, 0.2) is 5.78 Å². The molecule has 0 radical (unpaired) electrons. The van der Waals surface area contributed by atoms with E-state index in [1.807, 2.05) is 6.92 Å². The number of aryl methyl sites for hydroxylation is 1. The van der Waals surface area contributed by atoms with Gasteiger partial charge < -0.3 is 5.73 Å². The van der Waals surface area contributed by atoms with Crippen molar-refractivity contribution < 1.29 is 9.18 Å². The summed E-state index contributed by atoms with van der Waals surface area (Å²) in [5, 5.41) is 0. The molecule has 2 nitrogen and oxygen atoms in total. The Kier molecular flexibility index (Phi) is 3.97. The van der Waals surface area contributed by atoms with Crippen molar-refractivity contribution in [2.75, 3.05) is 0 Å². The third kappa shape index (κ3) is 2.86. The number of ketones is 1. The first-order chi connectivity index (χ1) is 7.06. The fraction of sp³-hybridized carbons (Fsp3) is 0.417. The summed E-state index contributed by atoms with van der Waals surface area (Å²) in [7, 11) is 0. The zero-order valence-corrected chi connectivity index (χ0v) is 9.09. The number of nitrogens with two attached hydrogens (primary N) is 1. The van der Waals surface area contributed by atoms with Gasteiger partial charge in [0.1, 0.15) is 5.82 Å². The molecule has 0 aliphatic rings. The maximum atomic E-state index is 13.0. The van der Waals surface area contributed by atoms with Crippen molar-refractivity contribution in [1.29, 1.82) is 0 Å². The molecule has 0 heterocycles. The van der Waals surface area contributed by atoms with E-state index in [2.05, 4.69) is 0 Å². The van der Waals surface area contributed by atoms with E-state index in [0.717, 1.165) is 6.42 Å². The maximum absolute atomic E-state index is 13.0. The largest absolute Gasteiger partial charge is 0.321 e. The number of benzene rings is 1. The van der Waals surface area contributed by atoms with Gasteiger partial charge in [0, 0.05) is 5.56 Å². The summed E-state index contributed by atoms with van der Waals surface area (Å²) >= 11 is 0. The molecule has 2 N–H and O–H groups in total. The number of carbonyl (C=O) groups is 1. The molecule has 0 amide bonds. The molecule has 0 bridgehead atoms. The van der Waals surface area contributed by atoms with Gasteiger partial charge in [0.25, 0.3) is 0 Å². The molecule has 0 spiro atoms. The van der Waals surface area contributed by atoms with E-state index >= 15 is 0 Å². The van der Waals surface area contributed by atoms with Crippen molar-refractivity contribution in [3.05, 3.63) is 35.1 Å². The molecule has 1 aromatic carbocycles. The highest BCUT2D eigenvalue weighted by molar-refractivity contribution is 6.00. The minimum atomic E-state index is -0.472. The van der Waals surface area contributed by atoms with Crippen molar-refractivity contribution in [1.82, 2.24) is 0 Å². The van der Waals surface area contributed by atoms with E-state index in [1.54, 1.807) is 13.0 Å². The molecule has 0 saturated carbocycles. The number of carbonyl (C=O) groups excluding carboxylic acids is 1. The predicted molar refractivity (Wildman–Crippen MR) is 58.4 cm³/mol. The highest BCUT2D eigenvalue weighted by atomic mass is 19.1. The normalized spacial score (nSPS) is 12.5. The molecule has 15 heavy (non-hydrogen) atoms. The molecule has 0 saturated heterocycles. The Morgan fingerprint density at radius 1 is 1.53 bits per heavy atom. The van der Waals surface area contributed by atoms with Crippen LogP contribution in [0.4, 0.5) is 4.39 Å². The monoisotopic (exact) mass is 209 g/mol. The van der Waals surface area contributed by atoms with Crippen LogP contribution in [-0.2, 0) is 0 Å². The van der Waals surface area contributed by atoms with E-state index in [1.165, 1.54) is 12.1 Å². The first kappa shape index (κ1) is 11.9. The number of hydrogen-bond donors (Lipinski definition) is 1. The highest BCUT2D eigenvalue weighted by Gasteiger charge is 2.15. The third-order valence-corrected chi connectivity index (χ3v) is 2.38. The lowest BCUT2D eigenvalue weighted by Crippen LogP contribution is -2.30. The average molecular weight is 209 g/mol. The summed E-state index contributed by atoms with van der Waals surface area (Å²) in [6, 6.07) is 3.87. The van der Waals surface area contributed by atoms with E-state index in [4.69, 9.17) is 5.73 Å². The molecular weight excluding hydrogens is 193 g/mol. The molecule has 3 heteroatoms. The number of Topliss-reactive ketones (excluding diaryl/α,β-unsaturated/α-hetero) is 1. The lowest BCUT2D eigenvalue weighted by molar-refractivity contribution is 0.0956. The van der Waals surface area contributed by atoms with E-state index in [-0.39, 0.29) is 11.6 Å². The minimum Gasteiger partial charge on any atom is -0.321 e. The van der Waals surface area contributed by atoms with E-state index in [0.29, 0.717) is 17.5 Å². The Morgan fingerprint density at radius 3 is 2.73 bits per heavy atom. The van der Waals surface area contributed by atoms with E-state index in [9.17, 15) is 9.18 Å². The summed E-state index contributed by atoms with van der Waals surface area (Å²) in [6.07, 6.45) is 1.53. The molecule has 1 atom stereocenters. The molecule has 0 aliphatic heterocycles. The van der Waals surface area contributed by atoms with Crippen LogP contribution in [-0.4, -0.2) is 11.8 Å². The SMILES string of the molecule is CCCC(N)C(=O)c1ccc(F)c(C)c1. The third-order valence-electron chi connectivity index (χ3n) is 2.38. The number of halogens is 1. The lowest BCUT2D eigenvalue weighted by Gasteiger charge is -2.09. The van der Waals surface area contributed by atoms with Crippen LogP contribution in [0.1, 0.15) is 35.7 Å². The molecule has 0 fully saturated rings. The van der Waals surface area contributed by atoms with Gasteiger partial charge >= 0.3 is 0 Å². The van der Waals surface area contributed by atoms with Crippen LogP contribution < -0.4 is 5.73 Å². The molecule has 1 aromatic rings. The van der Waals surface area contributed by atoms with Gasteiger partial charge in [-0.1, -0.05) is 13.3 Å². The van der Waals surface area contributed by atoms with Crippen molar-refractivity contribution in [2.45, 2.75) is 32.7 Å². The Balaban J connectivity index is 2.87. The fourth-order valence-corrected chi connectivity index (χ4v) is 1.45. The quantitative estimate of drug-likeness (QED) is 0.774. The van der Waals surface area contributed by atoms with Crippen LogP contribution in [0.5, 0.6) is 0 Å². The second kappa shape index (κ2) is 5.03. The van der Waals surface area contributed by atoms with Crippen molar-refractivity contribution in [3.8, 4) is 0 Å². The van der Waals surface area contributed by atoms with Gasteiger partial charge in [-0.3, -0.25) is 4.79 Å². The summed E-state index contributed by atoms with van der Waals surface area (Å²) in [5.74, 6) is -0.407. The van der Waals surface area contributed by atoms with Crippen molar-refractivity contribution in [3.63, 3.8) is 0 Å². The summed E-state index contributed by atoms with van der Waals surface area (Å²) < 4.78 is 13.0. The summed E-state index contributed by atoms with van der Waals surface area (Å²) in [5.41, 5.74) is 6.68. The molecule has 1 rings (SSSR count). The second-order valence-electron chi connectivity index (χ2n) is 3.72. The summed E-state index contributed by atoms with van der Waals surface area (Å²) in [6.45, 7) is 3.61. The Bertz CT molecular complexity index is 363. The molecule has 0 aromatic heterocycles. The first-order valence-corrected chi connectivity index (χ1v) is 5.12. The Morgan fingerprint density at radius 2 is 2.20 bits per heavy atom. The van der Waals surface area contributed by atoms with Gasteiger partial charge in [0.05, 0.1) is 6.04 Å². The van der Waals surface area contributed by atoms with Crippen LogP contribution in [0.2, 0.25) is 0 Å². The molecule has 82 valence electrons. The second-order valence-corrected chi connectivity index (χ2v) is 3.72. The zero-order valence-electron chi connectivity index (χ0n) is 9.09. The van der Waals surface area contributed by atoms with Crippen LogP contribution in [0.25, 0.3) is 0 Å². The fourth-order valence-electron chi connectivity index (χ4n) is 1.45. The molecule has 1 unspecified atom stereocenters. The molecule has 0 aliphatic carbocycles. The lowest BCUT2D eigenvalue weighted by atomic mass is 10.00. The number of hydrogen-bond acceptors (Lipinski definition) is 2.